The summed E-state index contributed by atoms with van der Waals surface area (Å²) in [5, 5.41) is 6.99. The lowest BCUT2D eigenvalue weighted by molar-refractivity contribution is -0.128. The van der Waals surface area contributed by atoms with Crippen molar-refractivity contribution in [2.75, 3.05) is 18.8 Å². The van der Waals surface area contributed by atoms with Crippen LogP contribution >= 0.6 is 0 Å². The summed E-state index contributed by atoms with van der Waals surface area (Å²) in [5.41, 5.74) is 2.81. The van der Waals surface area contributed by atoms with Crippen LogP contribution in [0.2, 0.25) is 0 Å². The number of benzene rings is 1. The Morgan fingerprint density at radius 3 is 2.42 bits per heavy atom. The van der Waals surface area contributed by atoms with Crippen LogP contribution in [0.25, 0.3) is 11.5 Å². The molecule has 0 radical (unpaired) electrons. The molecule has 140 valence electrons. The number of carbonyl (C=O) groups is 1. The van der Waals surface area contributed by atoms with E-state index in [1.807, 2.05) is 26.0 Å². The maximum atomic E-state index is 12.5. The Labute approximate surface area is 153 Å². The molecule has 2 aromatic rings. The van der Waals surface area contributed by atoms with Gasteiger partial charge in [-0.25, -0.2) is 8.42 Å². The van der Waals surface area contributed by atoms with Gasteiger partial charge in [-0.2, -0.15) is 0 Å². The number of amides is 1. The van der Waals surface area contributed by atoms with Crippen molar-refractivity contribution in [2.45, 2.75) is 44.8 Å². The molecule has 1 aromatic heterocycles. The fraction of sp³-hybridized carbons (Fsp3) is 0.500. The maximum Gasteiger partial charge on any atom is 0.336 e. The van der Waals surface area contributed by atoms with E-state index in [1.54, 1.807) is 11.0 Å². The third kappa shape index (κ3) is 4.12. The number of rotatable bonds is 4. The highest BCUT2D eigenvalue weighted by atomic mass is 32.2. The van der Waals surface area contributed by atoms with Crippen LogP contribution in [0.3, 0.4) is 0 Å². The normalized spacial score (nSPS) is 15.7. The van der Waals surface area contributed by atoms with E-state index >= 15 is 0 Å². The topological polar surface area (TPSA) is 93.4 Å². The first kappa shape index (κ1) is 18.6. The third-order valence-electron chi connectivity index (χ3n) is 4.70. The average molecular weight is 377 g/mol. The van der Waals surface area contributed by atoms with Gasteiger partial charge in [0.1, 0.15) is 5.75 Å². The van der Waals surface area contributed by atoms with Gasteiger partial charge < -0.3 is 9.32 Å². The first-order valence-electron chi connectivity index (χ1n) is 8.78. The molecule has 1 aliphatic rings. The molecule has 1 fully saturated rings. The molecule has 7 nitrogen and oxygen atoms in total. The quantitative estimate of drug-likeness (QED) is 0.813. The van der Waals surface area contributed by atoms with Crippen molar-refractivity contribution >= 4 is 15.7 Å². The number of aryl methyl sites for hydroxylation is 2. The Hall–Kier alpha value is -2.22. The zero-order chi connectivity index (χ0) is 18.7. The minimum atomic E-state index is -3.96. The Balaban J connectivity index is 1.76. The highest BCUT2D eigenvalue weighted by Gasteiger charge is 2.29. The predicted molar refractivity (Wildman–Crippen MR) is 96.3 cm³/mol. The fourth-order valence-electron chi connectivity index (χ4n) is 2.96. The second-order valence-corrected chi connectivity index (χ2v) is 8.59. The summed E-state index contributed by atoms with van der Waals surface area (Å²) in [4.78, 5) is 14.0. The molecule has 1 aliphatic heterocycles. The summed E-state index contributed by atoms with van der Waals surface area (Å²) >= 11 is 0. The summed E-state index contributed by atoms with van der Waals surface area (Å²) in [5.74, 6) is -0.909. The lowest BCUT2D eigenvalue weighted by atomic mass is 10.1. The third-order valence-corrected chi connectivity index (χ3v) is 6.02. The zero-order valence-electron chi connectivity index (χ0n) is 15.1. The van der Waals surface area contributed by atoms with Crippen LogP contribution in [0, 0.1) is 13.8 Å². The van der Waals surface area contributed by atoms with E-state index in [0.717, 1.165) is 36.8 Å². The minimum Gasteiger partial charge on any atom is -0.408 e. The second-order valence-electron chi connectivity index (χ2n) is 6.73. The van der Waals surface area contributed by atoms with E-state index in [0.29, 0.717) is 18.7 Å². The fourth-order valence-corrected chi connectivity index (χ4v) is 3.96. The van der Waals surface area contributed by atoms with E-state index in [1.165, 1.54) is 0 Å². The van der Waals surface area contributed by atoms with E-state index in [-0.39, 0.29) is 5.89 Å². The molecular weight excluding hydrogens is 354 g/mol. The highest BCUT2D eigenvalue weighted by molar-refractivity contribution is 7.91. The van der Waals surface area contributed by atoms with E-state index in [2.05, 4.69) is 10.2 Å². The van der Waals surface area contributed by atoms with Crippen molar-refractivity contribution in [3.05, 3.63) is 29.3 Å². The van der Waals surface area contributed by atoms with Gasteiger partial charge in [0, 0.05) is 18.7 Å². The number of likely N-dealkylation sites (tertiary alicyclic amines) is 1. The van der Waals surface area contributed by atoms with Crippen molar-refractivity contribution in [1.29, 1.82) is 0 Å². The van der Waals surface area contributed by atoms with Gasteiger partial charge >= 0.3 is 5.22 Å². The van der Waals surface area contributed by atoms with Gasteiger partial charge in [0.25, 0.3) is 0 Å². The molecule has 0 N–H and O–H groups in total. The summed E-state index contributed by atoms with van der Waals surface area (Å²) in [6.45, 7) is 5.14. The van der Waals surface area contributed by atoms with Crippen molar-refractivity contribution < 1.29 is 17.6 Å². The Bertz CT molecular complexity index is 897. The molecule has 2 heterocycles. The Morgan fingerprint density at radius 1 is 1.08 bits per heavy atom. The summed E-state index contributed by atoms with van der Waals surface area (Å²) in [7, 11) is -3.96. The van der Waals surface area contributed by atoms with E-state index < -0.39 is 26.7 Å². The van der Waals surface area contributed by atoms with Gasteiger partial charge in [0.05, 0.1) is 0 Å². The number of sulfone groups is 1. The van der Waals surface area contributed by atoms with Crippen LogP contribution in [-0.2, 0) is 14.6 Å². The molecular formula is C18H23N3O4S. The Kier molecular flexibility index (Phi) is 5.41. The van der Waals surface area contributed by atoms with Crippen LogP contribution in [0.4, 0.5) is 0 Å². The van der Waals surface area contributed by atoms with E-state index in [4.69, 9.17) is 4.42 Å². The van der Waals surface area contributed by atoms with Gasteiger partial charge in [0.2, 0.25) is 21.6 Å². The number of aromatic nitrogens is 2. The van der Waals surface area contributed by atoms with Gasteiger partial charge in [-0.1, -0.05) is 24.0 Å². The van der Waals surface area contributed by atoms with Crippen molar-refractivity contribution in [3.8, 4) is 11.5 Å². The number of carbonyl (C=O) groups excluding carboxylic acids is 1. The van der Waals surface area contributed by atoms with Crippen molar-refractivity contribution in [2.24, 2.45) is 0 Å². The molecule has 0 saturated carbocycles. The van der Waals surface area contributed by atoms with Crippen LogP contribution in [-0.4, -0.2) is 48.3 Å². The van der Waals surface area contributed by atoms with Crippen molar-refractivity contribution in [3.63, 3.8) is 0 Å². The molecule has 26 heavy (non-hydrogen) atoms. The summed E-state index contributed by atoms with van der Waals surface area (Å²) < 4.78 is 30.3. The summed E-state index contributed by atoms with van der Waals surface area (Å²) in [6, 6.07) is 5.57. The average Bonchev–Trinajstić information content (AvgIpc) is 2.94. The summed E-state index contributed by atoms with van der Waals surface area (Å²) in [6.07, 6.45) is 3.95. The lowest BCUT2D eigenvalue weighted by Gasteiger charge is -2.19. The lowest BCUT2D eigenvalue weighted by Crippen LogP contribution is -2.36. The van der Waals surface area contributed by atoms with Gasteiger partial charge in [0.15, 0.2) is 0 Å². The van der Waals surface area contributed by atoms with Gasteiger partial charge in [-0.15, -0.1) is 5.10 Å². The smallest absolute Gasteiger partial charge is 0.336 e. The molecule has 1 saturated heterocycles. The van der Waals surface area contributed by atoms with Crippen LogP contribution < -0.4 is 0 Å². The number of hydrogen-bond acceptors (Lipinski definition) is 6. The minimum absolute atomic E-state index is 0.133. The monoisotopic (exact) mass is 377 g/mol. The standard InChI is InChI=1S/C18H23N3O4S/c1-13-7-8-15(11-14(13)2)17-19-20-18(25-17)26(23,24)12-16(22)21-9-5-3-4-6-10-21/h7-8,11H,3-6,9-10,12H2,1-2H3. The van der Waals surface area contributed by atoms with Crippen LogP contribution in [0.1, 0.15) is 36.8 Å². The number of hydrogen-bond donors (Lipinski definition) is 0. The number of nitrogens with zero attached hydrogens (tertiary/aromatic N) is 3. The Morgan fingerprint density at radius 2 is 1.77 bits per heavy atom. The molecule has 1 amide bonds. The maximum absolute atomic E-state index is 12.5. The SMILES string of the molecule is Cc1ccc(-c2nnc(S(=O)(=O)CC(=O)N3CCCCCC3)o2)cc1C. The molecule has 0 aliphatic carbocycles. The molecule has 0 unspecified atom stereocenters. The van der Waals surface area contributed by atoms with Gasteiger partial charge in [-0.3, -0.25) is 4.79 Å². The molecule has 0 atom stereocenters. The predicted octanol–water partition coefficient (Wildman–Crippen LogP) is 2.53. The zero-order valence-corrected chi connectivity index (χ0v) is 15.9. The highest BCUT2D eigenvalue weighted by Crippen LogP contribution is 2.23. The molecule has 1 aromatic carbocycles. The molecule has 3 rings (SSSR count). The van der Waals surface area contributed by atoms with Crippen molar-refractivity contribution in [1.82, 2.24) is 15.1 Å². The molecule has 0 spiro atoms. The van der Waals surface area contributed by atoms with Crippen LogP contribution in [0.15, 0.2) is 27.8 Å². The second kappa shape index (κ2) is 7.57. The first-order valence-corrected chi connectivity index (χ1v) is 10.4. The first-order chi connectivity index (χ1) is 12.4. The largest absolute Gasteiger partial charge is 0.408 e. The van der Waals surface area contributed by atoms with E-state index in [9.17, 15) is 13.2 Å². The molecule has 8 heteroatoms. The van der Waals surface area contributed by atoms with Crippen LogP contribution in [0.5, 0.6) is 0 Å². The molecule has 0 bridgehead atoms. The van der Waals surface area contributed by atoms with Gasteiger partial charge in [-0.05, 0) is 49.9 Å².